The molecule has 1 unspecified atom stereocenters. The number of hydrogen-bond acceptors (Lipinski definition) is 3. The van der Waals surface area contributed by atoms with Crippen molar-refractivity contribution in [1.29, 1.82) is 0 Å². The molecule has 0 spiro atoms. The normalized spacial score (nSPS) is 13.0. The first-order valence-corrected chi connectivity index (χ1v) is 9.01. The van der Waals surface area contributed by atoms with Gasteiger partial charge in [0.1, 0.15) is 12.3 Å². The Morgan fingerprint density at radius 3 is 2.38 bits per heavy atom. The molecule has 0 aliphatic heterocycles. The summed E-state index contributed by atoms with van der Waals surface area (Å²) >= 11 is 0. The number of amides is 1. The number of rotatable bonds is 8. The Morgan fingerprint density at radius 2 is 1.81 bits per heavy atom. The molecule has 0 saturated carbocycles. The number of ether oxygens (including phenoxy) is 1. The lowest BCUT2D eigenvalue weighted by Gasteiger charge is -2.24. The Balaban J connectivity index is 2.04. The molecule has 0 radical (unpaired) electrons. The van der Waals surface area contributed by atoms with Gasteiger partial charge >= 0.3 is 0 Å². The van der Waals surface area contributed by atoms with Crippen LogP contribution in [0, 0.1) is 0 Å². The van der Waals surface area contributed by atoms with E-state index in [2.05, 4.69) is 41.4 Å². The molecule has 26 heavy (non-hydrogen) atoms. The topological polar surface area (TPSA) is 46.0 Å². The van der Waals surface area contributed by atoms with Gasteiger partial charge in [-0.3, -0.25) is 4.79 Å². The Labute approximate surface area is 156 Å². The number of para-hydroxylation sites is 2. The Kier molecular flexibility index (Phi) is 7.04. The van der Waals surface area contributed by atoms with Gasteiger partial charge in [-0.2, -0.15) is 0 Å². The van der Waals surface area contributed by atoms with Crippen molar-refractivity contribution in [1.82, 2.24) is 0 Å². The van der Waals surface area contributed by atoms with Gasteiger partial charge in [0.05, 0.1) is 19.3 Å². The highest BCUT2D eigenvalue weighted by Gasteiger charge is 2.24. The number of anilines is 2. The third-order valence-corrected chi connectivity index (χ3v) is 4.71. The quantitative estimate of drug-likeness (QED) is 0.762. The average Bonchev–Trinajstić information content (AvgIpc) is 2.66. The molecule has 0 bridgehead atoms. The maximum atomic E-state index is 12.7. The third kappa shape index (κ3) is 4.99. The van der Waals surface area contributed by atoms with Crippen LogP contribution in [0.2, 0.25) is 0 Å². The van der Waals surface area contributed by atoms with E-state index >= 15 is 0 Å². The van der Waals surface area contributed by atoms with Gasteiger partial charge in [-0.15, -0.1) is 0 Å². The van der Waals surface area contributed by atoms with Crippen LogP contribution in [0.1, 0.15) is 19.4 Å². The molecular formula is C21H30N3O2+. The predicted octanol–water partition coefficient (Wildman–Crippen LogP) is 2.19. The van der Waals surface area contributed by atoms with Crippen molar-refractivity contribution >= 4 is 17.3 Å². The van der Waals surface area contributed by atoms with Crippen LogP contribution in [0.3, 0.4) is 0 Å². The Hall–Kier alpha value is -2.53. The number of carbonyl (C=O) groups is 1. The number of carbonyl (C=O) groups excluding carboxylic acids is 1. The summed E-state index contributed by atoms with van der Waals surface area (Å²) in [6.45, 7) is 5.76. The SMILES string of the molecule is CC[NH+](Cc1ccc(N(C)C)cc1)[C@@H](C)C(=O)Nc1ccccc1OC. The van der Waals surface area contributed by atoms with Crippen molar-refractivity contribution in [2.45, 2.75) is 26.4 Å². The molecule has 0 aliphatic rings. The molecule has 1 amide bonds. The van der Waals surface area contributed by atoms with Crippen molar-refractivity contribution in [3.05, 3.63) is 54.1 Å². The molecule has 0 aromatic heterocycles. The van der Waals surface area contributed by atoms with E-state index in [1.165, 1.54) is 16.2 Å². The van der Waals surface area contributed by atoms with Gasteiger partial charge < -0.3 is 19.9 Å². The summed E-state index contributed by atoms with van der Waals surface area (Å²) in [6, 6.07) is 15.8. The van der Waals surface area contributed by atoms with E-state index in [0.717, 1.165) is 13.1 Å². The van der Waals surface area contributed by atoms with E-state index < -0.39 is 0 Å². The zero-order valence-electron chi connectivity index (χ0n) is 16.4. The summed E-state index contributed by atoms with van der Waals surface area (Å²) in [4.78, 5) is 16.0. The molecule has 2 atom stereocenters. The van der Waals surface area contributed by atoms with Crippen molar-refractivity contribution in [2.24, 2.45) is 0 Å². The molecule has 140 valence electrons. The van der Waals surface area contributed by atoms with Gasteiger partial charge in [0.15, 0.2) is 6.04 Å². The number of nitrogens with zero attached hydrogens (tertiary/aromatic N) is 1. The van der Waals surface area contributed by atoms with E-state index in [1.54, 1.807) is 7.11 Å². The number of methoxy groups -OCH3 is 1. The molecule has 2 rings (SSSR count). The standard InChI is InChI=1S/C21H29N3O2/c1-6-24(15-17-11-13-18(14-12-17)23(3)4)16(2)21(25)22-19-9-7-8-10-20(19)26-5/h7-14,16H,6,15H2,1-5H3,(H,22,25)/p+1/t16-/m0/s1. The van der Waals surface area contributed by atoms with Gasteiger partial charge in [-0.1, -0.05) is 24.3 Å². The zero-order valence-corrected chi connectivity index (χ0v) is 16.4. The van der Waals surface area contributed by atoms with Crippen molar-refractivity contribution in [2.75, 3.05) is 38.0 Å². The lowest BCUT2D eigenvalue weighted by Crippen LogP contribution is -3.15. The maximum absolute atomic E-state index is 12.7. The summed E-state index contributed by atoms with van der Waals surface area (Å²) in [7, 11) is 5.67. The summed E-state index contributed by atoms with van der Waals surface area (Å²) in [5.41, 5.74) is 3.11. The predicted molar refractivity (Wildman–Crippen MR) is 107 cm³/mol. The van der Waals surface area contributed by atoms with Crippen LogP contribution in [0.5, 0.6) is 5.75 Å². The van der Waals surface area contributed by atoms with Crippen molar-refractivity contribution < 1.29 is 14.4 Å². The zero-order chi connectivity index (χ0) is 19.1. The molecule has 0 aliphatic carbocycles. The smallest absolute Gasteiger partial charge is 0.282 e. The number of nitrogens with one attached hydrogen (secondary N) is 2. The van der Waals surface area contributed by atoms with Crippen LogP contribution in [0.25, 0.3) is 0 Å². The van der Waals surface area contributed by atoms with Crippen LogP contribution in [0.4, 0.5) is 11.4 Å². The lowest BCUT2D eigenvalue weighted by molar-refractivity contribution is -0.925. The van der Waals surface area contributed by atoms with E-state index in [-0.39, 0.29) is 11.9 Å². The van der Waals surface area contributed by atoms with E-state index in [9.17, 15) is 4.79 Å². The Bertz CT molecular complexity index is 713. The van der Waals surface area contributed by atoms with E-state index in [4.69, 9.17) is 4.74 Å². The fraction of sp³-hybridized carbons (Fsp3) is 0.381. The summed E-state index contributed by atoms with van der Waals surface area (Å²) in [5, 5.41) is 2.99. The van der Waals surface area contributed by atoms with Gasteiger partial charge in [0.25, 0.3) is 5.91 Å². The van der Waals surface area contributed by atoms with Crippen LogP contribution in [-0.2, 0) is 11.3 Å². The molecule has 5 nitrogen and oxygen atoms in total. The molecule has 2 aromatic carbocycles. The highest BCUT2D eigenvalue weighted by atomic mass is 16.5. The molecule has 2 N–H and O–H groups in total. The van der Waals surface area contributed by atoms with Crippen molar-refractivity contribution in [3.8, 4) is 5.75 Å². The minimum Gasteiger partial charge on any atom is -0.495 e. The Morgan fingerprint density at radius 1 is 1.15 bits per heavy atom. The lowest BCUT2D eigenvalue weighted by atomic mass is 10.1. The number of hydrogen-bond donors (Lipinski definition) is 2. The van der Waals surface area contributed by atoms with Crippen LogP contribution >= 0.6 is 0 Å². The first kappa shape index (κ1) is 19.8. The van der Waals surface area contributed by atoms with Gasteiger partial charge in [-0.05, 0) is 38.1 Å². The fourth-order valence-electron chi connectivity index (χ4n) is 2.93. The number of quaternary nitrogens is 1. The van der Waals surface area contributed by atoms with Gasteiger partial charge in [0, 0.05) is 25.3 Å². The average molecular weight is 356 g/mol. The minimum atomic E-state index is -0.168. The summed E-state index contributed by atoms with van der Waals surface area (Å²) in [5.74, 6) is 0.668. The monoisotopic (exact) mass is 356 g/mol. The van der Waals surface area contributed by atoms with E-state index in [0.29, 0.717) is 11.4 Å². The highest BCUT2D eigenvalue weighted by Crippen LogP contribution is 2.22. The first-order chi connectivity index (χ1) is 12.5. The summed E-state index contributed by atoms with van der Waals surface area (Å²) < 4.78 is 5.31. The fourth-order valence-corrected chi connectivity index (χ4v) is 2.93. The molecule has 2 aromatic rings. The van der Waals surface area contributed by atoms with Crippen LogP contribution in [0.15, 0.2) is 48.5 Å². The maximum Gasteiger partial charge on any atom is 0.282 e. The number of likely N-dealkylation sites (N-methyl/N-ethyl adjacent to an activating group) is 1. The minimum absolute atomic E-state index is 0.00346. The van der Waals surface area contributed by atoms with Gasteiger partial charge in [0.2, 0.25) is 0 Å². The second kappa shape index (κ2) is 9.25. The largest absolute Gasteiger partial charge is 0.495 e. The summed E-state index contributed by atoms with van der Waals surface area (Å²) in [6.07, 6.45) is 0. The van der Waals surface area contributed by atoms with Crippen molar-refractivity contribution in [3.63, 3.8) is 0 Å². The second-order valence-corrected chi connectivity index (χ2v) is 6.66. The molecule has 0 heterocycles. The molecule has 5 heteroatoms. The van der Waals surface area contributed by atoms with Gasteiger partial charge in [-0.25, -0.2) is 0 Å². The third-order valence-electron chi connectivity index (χ3n) is 4.71. The van der Waals surface area contributed by atoms with Crippen LogP contribution < -0.4 is 19.9 Å². The molecule has 0 saturated heterocycles. The first-order valence-electron chi connectivity index (χ1n) is 9.01. The van der Waals surface area contributed by atoms with Crippen LogP contribution in [-0.4, -0.2) is 39.7 Å². The molecule has 0 fully saturated rings. The molecular weight excluding hydrogens is 326 g/mol. The number of benzene rings is 2. The second-order valence-electron chi connectivity index (χ2n) is 6.66. The van der Waals surface area contributed by atoms with E-state index in [1.807, 2.05) is 45.3 Å². The highest BCUT2D eigenvalue weighted by molar-refractivity contribution is 5.94.